The number of nitro benzene ring substituents is 1. The maximum atomic E-state index is 12.6. The van der Waals surface area contributed by atoms with E-state index in [0.717, 1.165) is 17.2 Å². The number of carbonyl (C=O) groups is 1. The van der Waals surface area contributed by atoms with Crippen molar-refractivity contribution in [3.05, 3.63) is 88.0 Å². The molecule has 0 aromatic heterocycles. The highest BCUT2D eigenvalue weighted by molar-refractivity contribution is 5.93. The molecule has 0 saturated heterocycles. The van der Waals surface area contributed by atoms with Crippen molar-refractivity contribution in [2.24, 2.45) is 0 Å². The van der Waals surface area contributed by atoms with Gasteiger partial charge in [-0.3, -0.25) is 10.1 Å². The van der Waals surface area contributed by atoms with Crippen molar-refractivity contribution in [2.45, 2.75) is 26.4 Å². The maximum Gasteiger partial charge on any atom is 0.342 e. The van der Waals surface area contributed by atoms with Gasteiger partial charge in [-0.25, -0.2) is 4.79 Å². The summed E-state index contributed by atoms with van der Waals surface area (Å²) < 4.78 is 11.2. The van der Waals surface area contributed by atoms with Crippen LogP contribution in [0.15, 0.2) is 66.7 Å². The molecule has 0 bridgehead atoms. The summed E-state index contributed by atoms with van der Waals surface area (Å²) in [6, 6.07) is 20.2. The van der Waals surface area contributed by atoms with E-state index in [1.807, 2.05) is 24.3 Å². The van der Waals surface area contributed by atoms with E-state index in [1.165, 1.54) is 12.1 Å². The van der Waals surface area contributed by atoms with Gasteiger partial charge in [0.15, 0.2) is 0 Å². The minimum Gasteiger partial charge on any atom is -0.456 e. The van der Waals surface area contributed by atoms with Gasteiger partial charge in [-0.15, -0.1) is 0 Å². The summed E-state index contributed by atoms with van der Waals surface area (Å²) in [5, 5.41) is 20.0. The standard InChI is InChI=1S/C24H20N2O5/c1-24(2,3)31-23(27)21-14-19(26(28)29)10-13-22(21)30-20-11-8-18(9-12-20)17-6-4-16(15-25)5-7-17/h4-14H,1-3H3. The fraction of sp³-hybridized carbons (Fsp3) is 0.167. The lowest BCUT2D eigenvalue weighted by Gasteiger charge is -2.20. The number of carbonyl (C=O) groups excluding carboxylic acids is 1. The first-order valence-electron chi connectivity index (χ1n) is 9.46. The molecule has 0 aliphatic heterocycles. The largest absolute Gasteiger partial charge is 0.456 e. The van der Waals surface area contributed by atoms with Gasteiger partial charge in [0.2, 0.25) is 0 Å². The van der Waals surface area contributed by atoms with Gasteiger partial charge >= 0.3 is 5.97 Å². The third kappa shape index (κ3) is 5.46. The third-order valence-electron chi connectivity index (χ3n) is 4.22. The number of rotatable bonds is 5. The van der Waals surface area contributed by atoms with Crippen LogP contribution in [0.1, 0.15) is 36.7 Å². The van der Waals surface area contributed by atoms with E-state index in [1.54, 1.807) is 45.0 Å². The van der Waals surface area contributed by atoms with E-state index in [9.17, 15) is 14.9 Å². The van der Waals surface area contributed by atoms with Gasteiger partial charge in [-0.05, 0) is 62.2 Å². The molecule has 3 rings (SSSR count). The van der Waals surface area contributed by atoms with Crippen LogP contribution in [0.3, 0.4) is 0 Å². The van der Waals surface area contributed by atoms with Crippen LogP contribution in [0.5, 0.6) is 11.5 Å². The number of non-ortho nitro benzene ring substituents is 1. The van der Waals surface area contributed by atoms with Crippen molar-refractivity contribution < 1.29 is 19.2 Å². The highest BCUT2D eigenvalue weighted by atomic mass is 16.6. The van der Waals surface area contributed by atoms with Gasteiger partial charge in [0.25, 0.3) is 5.69 Å². The Hall–Kier alpha value is -4.18. The Bertz CT molecular complexity index is 1150. The van der Waals surface area contributed by atoms with Gasteiger partial charge in [0.1, 0.15) is 22.7 Å². The molecular formula is C24H20N2O5. The first-order valence-corrected chi connectivity index (χ1v) is 9.46. The third-order valence-corrected chi connectivity index (χ3v) is 4.22. The number of hydrogen-bond donors (Lipinski definition) is 0. The molecule has 0 atom stereocenters. The van der Waals surface area contributed by atoms with Crippen molar-refractivity contribution in [3.63, 3.8) is 0 Å². The molecule has 0 fully saturated rings. The van der Waals surface area contributed by atoms with E-state index in [2.05, 4.69) is 6.07 Å². The van der Waals surface area contributed by atoms with E-state index < -0.39 is 16.5 Å². The SMILES string of the molecule is CC(C)(C)OC(=O)c1cc([N+](=O)[O-])ccc1Oc1ccc(-c2ccc(C#N)cc2)cc1. The Labute approximate surface area is 179 Å². The van der Waals surface area contributed by atoms with E-state index in [-0.39, 0.29) is 17.0 Å². The fourth-order valence-electron chi connectivity index (χ4n) is 2.79. The van der Waals surface area contributed by atoms with Crippen LogP contribution in [0.2, 0.25) is 0 Å². The zero-order chi connectivity index (χ0) is 22.6. The predicted octanol–water partition coefficient (Wildman–Crippen LogP) is 5.88. The number of ether oxygens (including phenoxy) is 2. The Morgan fingerprint density at radius 2 is 1.55 bits per heavy atom. The van der Waals surface area contributed by atoms with Crippen molar-refractivity contribution in [3.8, 4) is 28.7 Å². The van der Waals surface area contributed by atoms with Gasteiger partial charge in [-0.1, -0.05) is 24.3 Å². The summed E-state index contributed by atoms with van der Waals surface area (Å²) in [7, 11) is 0. The van der Waals surface area contributed by atoms with Crippen molar-refractivity contribution in [1.29, 1.82) is 5.26 Å². The molecule has 156 valence electrons. The molecule has 0 aliphatic rings. The number of hydrogen-bond acceptors (Lipinski definition) is 6. The minimum absolute atomic E-state index is 0.0275. The quantitative estimate of drug-likeness (QED) is 0.292. The molecule has 0 heterocycles. The number of nitriles is 1. The summed E-state index contributed by atoms with van der Waals surface area (Å²) in [6.45, 7) is 5.14. The Morgan fingerprint density at radius 3 is 2.06 bits per heavy atom. The van der Waals surface area contributed by atoms with Crippen molar-refractivity contribution in [1.82, 2.24) is 0 Å². The lowest BCUT2D eigenvalue weighted by atomic mass is 10.0. The zero-order valence-corrected chi connectivity index (χ0v) is 17.3. The van der Waals surface area contributed by atoms with Crippen LogP contribution < -0.4 is 4.74 Å². The molecule has 3 aromatic carbocycles. The first kappa shape index (κ1) is 21.5. The summed E-state index contributed by atoms with van der Waals surface area (Å²) in [6.07, 6.45) is 0. The van der Waals surface area contributed by atoms with Crippen molar-refractivity contribution >= 4 is 11.7 Å². The van der Waals surface area contributed by atoms with Crippen LogP contribution in [-0.4, -0.2) is 16.5 Å². The normalized spacial score (nSPS) is 10.8. The van der Waals surface area contributed by atoms with Crippen LogP contribution in [0, 0.1) is 21.4 Å². The van der Waals surface area contributed by atoms with E-state index in [4.69, 9.17) is 14.7 Å². The summed E-state index contributed by atoms with van der Waals surface area (Å²) >= 11 is 0. The number of nitrogens with zero attached hydrogens (tertiary/aromatic N) is 2. The molecule has 0 aliphatic carbocycles. The maximum absolute atomic E-state index is 12.6. The lowest BCUT2D eigenvalue weighted by molar-refractivity contribution is -0.384. The van der Waals surface area contributed by atoms with Gasteiger partial charge < -0.3 is 9.47 Å². The monoisotopic (exact) mass is 416 g/mol. The molecular weight excluding hydrogens is 396 g/mol. The summed E-state index contributed by atoms with van der Waals surface area (Å²) in [4.78, 5) is 23.1. The minimum atomic E-state index is -0.762. The zero-order valence-electron chi connectivity index (χ0n) is 17.3. The lowest BCUT2D eigenvalue weighted by Crippen LogP contribution is -2.24. The fourth-order valence-corrected chi connectivity index (χ4v) is 2.79. The molecule has 7 heteroatoms. The highest BCUT2D eigenvalue weighted by Crippen LogP contribution is 2.31. The second-order valence-electron chi connectivity index (χ2n) is 7.76. The first-order chi connectivity index (χ1) is 14.7. The molecule has 0 unspecified atom stereocenters. The number of benzene rings is 3. The van der Waals surface area contributed by atoms with Crippen LogP contribution >= 0.6 is 0 Å². The van der Waals surface area contributed by atoms with E-state index in [0.29, 0.717) is 11.3 Å². The second-order valence-corrected chi connectivity index (χ2v) is 7.76. The smallest absolute Gasteiger partial charge is 0.342 e. The van der Waals surface area contributed by atoms with Gasteiger partial charge in [-0.2, -0.15) is 5.26 Å². The van der Waals surface area contributed by atoms with Crippen LogP contribution in [0.25, 0.3) is 11.1 Å². The number of nitro groups is 1. The molecule has 0 saturated carbocycles. The highest BCUT2D eigenvalue weighted by Gasteiger charge is 2.24. The predicted molar refractivity (Wildman–Crippen MR) is 115 cm³/mol. The Balaban J connectivity index is 1.88. The van der Waals surface area contributed by atoms with Crippen LogP contribution in [-0.2, 0) is 4.74 Å². The Morgan fingerprint density at radius 1 is 0.968 bits per heavy atom. The molecule has 31 heavy (non-hydrogen) atoms. The van der Waals surface area contributed by atoms with Crippen molar-refractivity contribution in [2.75, 3.05) is 0 Å². The summed E-state index contributed by atoms with van der Waals surface area (Å²) in [5.41, 5.74) is 1.42. The molecule has 0 amide bonds. The molecule has 0 N–H and O–H groups in total. The van der Waals surface area contributed by atoms with E-state index >= 15 is 0 Å². The Kier molecular flexibility index (Phi) is 6.02. The van der Waals surface area contributed by atoms with Gasteiger partial charge in [0.05, 0.1) is 16.6 Å². The average Bonchev–Trinajstić information content (AvgIpc) is 2.73. The molecule has 7 nitrogen and oxygen atoms in total. The molecule has 0 radical (unpaired) electrons. The average molecular weight is 416 g/mol. The van der Waals surface area contributed by atoms with Crippen LogP contribution in [0.4, 0.5) is 5.69 Å². The number of esters is 1. The van der Waals surface area contributed by atoms with Gasteiger partial charge in [0, 0.05) is 12.1 Å². The topological polar surface area (TPSA) is 102 Å². The molecule has 3 aromatic rings. The summed E-state index contributed by atoms with van der Waals surface area (Å²) in [5.74, 6) is -0.0950. The molecule has 0 spiro atoms. The second kappa shape index (κ2) is 8.67.